The van der Waals surface area contributed by atoms with Gasteiger partial charge in [0.25, 0.3) is 5.91 Å². The maximum absolute atomic E-state index is 13.1. The van der Waals surface area contributed by atoms with E-state index < -0.39 is 24.3 Å². The monoisotopic (exact) mass is 410 g/mol. The molecule has 146 valence electrons. The smallest absolute Gasteiger partial charge is 0.357 e. The fourth-order valence-electron chi connectivity index (χ4n) is 2.45. The molecule has 0 atom stereocenters. The molecular weight excluding hydrogens is 395 g/mol. The first-order valence-electron chi connectivity index (χ1n) is 8.42. The molecule has 0 saturated heterocycles. The summed E-state index contributed by atoms with van der Waals surface area (Å²) >= 11 is 1.29. The third-order valence-electron chi connectivity index (χ3n) is 3.74. The first kappa shape index (κ1) is 20.1. The van der Waals surface area contributed by atoms with Crippen LogP contribution in [0.5, 0.6) is 0 Å². The normalized spacial score (nSPS) is 10.2. The zero-order valence-electron chi connectivity index (χ0n) is 15.0. The predicted octanol–water partition coefficient (Wildman–Crippen LogP) is 3.42. The second kappa shape index (κ2) is 9.52. The average molecular weight is 410 g/mol. The van der Waals surface area contributed by atoms with Crippen molar-refractivity contribution in [3.8, 4) is 11.8 Å². The Labute approximate surface area is 170 Å². The summed E-state index contributed by atoms with van der Waals surface area (Å²) < 4.78 is 19.6. The van der Waals surface area contributed by atoms with E-state index in [1.807, 2.05) is 6.07 Å². The van der Waals surface area contributed by atoms with E-state index in [1.165, 1.54) is 53.1 Å². The molecule has 3 rings (SSSR count). The molecule has 29 heavy (non-hydrogen) atoms. The summed E-state index contributed by atoms with van der Waals surface area (Å²) in [6.45, 7) is -0.495. The Hall–Kier alpha value is -3.64. The van der Waals surface area contributed by atoms with E-state index in [2.05, 4.69) is 10.3 Å². The summed E-state index contributed by atoms with van der Waals surface area (Å²) in [5, 5.41) is 11.4. The first-order chi connectivity index (χ1) is 14.1. The molecule has 0 unspecified atom stereocenters. The Morgan fingerprint density at radius 3 is 2.72 bits per heavy atom. The van der Waals surface area contributed by atoms with E-state index in [0.29, 0.717) is 11.4 Å². The van der Waals surface area contributed by atoms with Crippen LogP contribution in [0.4, 0.5) is 10.1 Å². The van der Waals surface area contributed by atoms with Crippen molar-refractivity contribution in [3.63, 3.8) is 0 Å². The molecule has 1 amide bonds. The quantitative estimate of drug-likeness (QED) is 0.474. The highest BCUT2D eigenvalue weighted by atomic mass is 32.2. The van der Waals surface area contributed by atoms with Crippen molar-refractivity contribution in [1.82, 2.24) is 9.55 Å². The molecule has 0 aliphatic heterocycles. The van der Waals surface area contributed by atoms with Gasteiger partial charge in [-0.1, -0.05) is 12.1 Å². The molecule has 9 heteroatoms. The number of para-hydroxylation sites is 1. The summed E-state index contributed by atoms with van der Waals surface area (Å²) in [7, 11) is 0. The van der Waals surface area contributed by atoms with Crippen LogP contribution < -0.4 is 5.32 Å². The van der Waals surface area contributed by atoms with Crippen molar-refractivity contribution < 1.29 is 18.7 Å². The zero-order chi connectivity index (χ0) is 20.6. The lowest BCUT2D eigenvalue weighted by Crippen LogP contribution is -2.22. The number of halogens is 1. The zero-order valence-corrected chi connectivity index (χ0v) is 15.9. The van der Waals surface area contributed by atoms with Crippen LogP contribution in [0.1, 0.15) is 10.5 Å². The molecule has 0 saturated carbocycles. The van der Waals surface area contributed by atoms with Crippen molar-refractivity contribution >= 4 is 29.3 Å². The predicted molar refractivity (Wildman–Crippen MR) is 105 cm³/mol. The number of aromatic nitrogens is 2. The second-order valence-corrected chi connectivity index (χ2v) is 6.71. The summed E-state index contributed by atoms with van der Waals surface area (Å²) in [6.07, 6.45) is 2.70. The number of hydrogen-bond donors (Lipinski definition) is 1. The fourth-order valence-corrected chi connectivity index (χ4v) is 3.12. The molecule has 3 aromatic rings. The number of thioether (sulfide) groups is 1. The SMILES string of the molecule is N#CCSc1ccccc1NC(=O)COC(=O)c1cncn1-c1ccc(F)cc1. The number of rotatable bonds is 7. The van der Waals surface area contributed by atoms with Crippen molar-refractivity contribution in [2.45, 2.75) is 4.90 Å². The van der Waals surface area contributed by atoms with Gasteiger partial charge in [0.1, 0.15) is 5.82 Å². The van der Waals surface area contributed by atoms with Gasteiger partial charge in [-0.05, 0) is 36.4 Å². The minimum absolute atomic E-state index is 0.106. The molecule has 0 radical (unpaired) electrons. The molecule has 0 spiro atoms. The van der Waals surface area contributed by atoms with Crippen LogP contribution in [0.25, 0.3) is 5.69 Å². The Morgan fingerprint density at radius 2 is 1.97 bits per heavy atom. The number of esters is 1. The van der Waals surface area contributed by atoms with Crippen molar-refractivity contribution in [1.29, 1.82) is 5.26 Å². The number of nitriles is 1. The highest BCUT2D eigenvalue weighted by molar-refractivity contribution is 7.99. The summed E-state index contributed by atoms with van der Waals surface area (Å²) in [5.41, 5.74) is 1.17. The number of nitrogens with zero attached hydrogens (tertiary/aromatic N) is 3. The van der Waals surface area contributed by atoms with Gasteiger partial charge in [0.2, 0.25) is 0 Å². The molecule has 0 bridgehead atoms. The molecule has 2 aromatic carbocycles. The third-order valence-corrected chi connectivity index (χ3v) is 4.68. The van der Waals surface area contributed by atoms with E-state index in [0.717, 1.165) is 4.90 Å². The van der Waals surface area contributed by atoms with Gasteiger partial charge in [0, 0.05) is 10.6 Å². The number of imidazole rings is 1. The van der Waals surface area contributed by atoms with Crippen LogP contribution >= 0.6 is 11.8 Å². The Balaban J connectivity index is 1.62. The summed E-state index contributed by atoms with van der Waals surface area (Å²) in [5.74, 6) is -1.41. The lowest BCUT2D eigenvalue weighted by molar-refractivity contribution is -0.119. The van der Waals surface area contributed by atoms with Crippen LogP contribution in [0.15, 0.2) is 66.0 Å². The Bertz CT molecular complexity index is 1060. The van der Waals surface area contributed by atoms with Gasteiger partial charge in [-0.2, -0.15) is 5.26 Å². The maximum Gasteiger partial charge on any atom is 0.357 e. The summed E-state index contributed by atoms with van der Waals surface area (Å²) in [6, 6.07) is 14.6. The molecule has 7 nitrogen and oxygen atoms in total. The van der Waals surface area contributed by atoms with Gasteiger partial charge in [0.05, 0.1) is 30.0 Å². The number of anilines is 1. The molecule has 0 aliphatic rings. The van der Waals surface area contributed by atoms with Crippen molar-refractivity contribution in [2.24, 2.45) is 0 Å². The second-order valence-electron chi connectivity index (χ2n) is 5.69. The van der Waals surface area contributed by atoms with Crippen LogP contribution in [0.2, 0.25) is 0 Å². The van der Waals surface area contributed by atoms with Gasteiger partial charge >= 0.3 is 5.97 Å². The van der Waals surface area contributed by atoms with Crippen LogP contribution in [-0.4, -0.2) is 33.8 Å². The minimum atomic E-state index is -0.742. The maximum atomic E-state index is 13.1. The standard InChI is InChI=1S/C20H15FN4O3S/c21-14-5-7-15(8-6-14)25-13-23-11-17(25)20(27)28-12-19(26)24-16-3-1-2-4-18(16)29-10-9-22/h1-8,11,13H,10,12H2,(H,24,26). The number of ether oxygens (including phenoxy) is 1. The topological polar surface area (TPSA) is 97.0 Å². The molecular formula is C20H15FN4O3S. The number of amides is 1. The Kier molecular flexibility index (Phi) is 6.60. The molecule has 0 fully saturated rings. The van der Waals surface area contributed by atoms with E-state index in [-0.39, 0.29) is 11.4 Å². The third kappa shape index (κ3) is 5.21. The van der Waals surface area contributed by atoms with E-state index in [1.54, 1.807) is 24.3 Å². The van der Waals surface area contributed by atoms with Crippen LogP contribution in [0.3, 0.4) is 0 Å². The lowest BCUT2D eigenvalue weighted by Gasteiger charge is -2.11. The largest absolute Gasteiger partial charge is 0.451 e. The molecule has 1 N–H and O–H groups in total. The van der Waals surface area contributed by atoms with Crippen molar-refractivity contribution in [2.75, 3.05) is 17.7 Å². The number of hydrogen-bond acceptors (Lipinski definition) is 6. The lowest BCUT2D eigenvalue weighted by atomic mass is 10.3. The highest BCUT2D eigenvalue weighted by Crippen LogP contribution is 2.26. The van der Waals surface area contributed by atoms with Crippen LogP contribution in [-0.2, 0) is 9.53 Å². The highest BCUT2D eigenvalue weighted by Gasteiger charge is 2.17. The fraction of sp³-hybridized carbons (Fsp3) is 0.100. The van der Waals surface area contributed by atoms with E-state index in [4.69, 9.17) is 10.00 Å². The van der Waals surface area contributed by atoms with Gasteiger partial charge in [-0.3, -0.25) is 9.36 Å². The number of carbonyl (C=O) groups is 2. The summed E-state index contributed by atoms with van der Waals surface area (Å²) in [4.78, 5) is 29.2. The average Bonchev–Trinajstić information content (AvgIpc) is 3.22. The van der Waals surface area contributed by atoms with Gasteiger partial charge in [0.15, 0.2) is 12.3 Å². The Morgan fingerprint density at radius 1 is 1.21 bits per heavy atom. The van der Waals surface area contributed by atoms with E-state index in [9.17, 15) is 14.0 Å². The molecule has 1 aromatic heterocycles. The van der Waals surface area contributed by atoms with E-state index >= 15 is 0 Å². The number of nitrogens with one attached hydrogen (secondary N) is 1. The minimum Gasteiger partial charge on any atom is -0.451 e. The van der Waals surface area contributed by atoms with Crippen molar-refractivity contribution in [3.05, 3.63) is 72.6 Å². The van der Waals surface area contributed by atoms with Gasteiger partial charge < -0.3 is 10.1 Å². The molecule has 1 heterocycles. The van der Waals surface area contributed by atoms with Crippen LogP contribution in [0, 0.1) is 17.1 Å². The number of benzene rings is 2. The first-order valence-corrected chi connectivity index (χ1v) is 9.41. The number of carbonyl (C=O) groups excluding carboxylic acids is 2. The van der Waals surface area contributed by atoms with Gasteiger partial charge in [-0.15, -0.1) is 11.8 Å². The molecule has 0 aliphatic carbocycles. The van der Waals surface area contributed by atoms with Gasteiger partial charge in [-0.25, -0.2) is 14.2 Å².